The molecule has 3 amide bonds. The van der Waals surface area contributed by atoms with Crippen LogP contribution in [0.25, 0.3) is 0 Å². The Morgan fingerprint density at radius 1 is 1.21 bits per heavy atom. The van der Waals surface area contributed by atoms with Crippen LogP contribution in [0.3, 0.4) is 0 Å². The molecule has 1 N–H and O–H groups in total. The number of imide groups is 1. The van der Waals surface area contributed by atoms with Gasteiger partial charge in [0.05, 0.1) is 6.67 Å². The topological polar surface area (TPSA) is 52.6 Å². The molecule has 1 saturated carbocycles. The summed E-state index contributed by atoms with van der Waals surface area (Å²) in [4.78, 5) is 28.1. The molecular formula is C14H23N3O2. The first-order valence-electron chi connectivity index (χ1n) is 7.37. The van der Waals surface area contributed by atoms with E-state index in [2.05, 4.69) is 17.1 Å². The summed E-state index contributed by atoms with van der Waals surface area (Å²) in [5, 5.41) is 2.90. The van der Waals surface area contributed by atoms with Crippen LogP contribution >= 0.6 is 0 Å². The van der Waals surface area contributed by atoms with Crippen LogP contribution in [0.2, 0.25) is 0 Å². The van der Waals surface area contributed by atoms with Gasteiger partial charge in [-0.25, -0.2) is 9.69 Å². The van der Waals surface area contributed by atoms with Crippen molar-refractivity contribution in [1.29, 1.82) is 0 Å². The maximum absolute atomic E-state index is 12.5. The molecule has 106 valence electrons. The molecule has 3 aliphatic rings. The molecule has 19 heavy (non-hydrogen) atoms. The summed E-state index contributed by atoms with van der Waals surface area (Å²) >= 11 is 0. The third kappa shape index (κ3) is 2.24. The van der Waals surface area contributed by atoms with Gasteiger partial charge in [0.15, 0.2) is 0 Å². The summed E-state index contributed by atoms with van der Waals surface area (Å²) in [7, 11) is 0. The fraction of sp³-hybridized carbons (Fsp3) is 0.857. The smallest absolute Gasteiger partial charge is 0.323 e. The van der Waals surface area contributed by atoms with Crippen LogP contribution in [-0.2, 0) is 4.79 Å². The molecule has 0 aromatic carbocycles. The van der Waals surface area contributed by atoms with E-state index >= 15 is 0 Å². The molecule has 5 heteroatoms. The third-order valence-corrected chi connectivity index (χ3v) is 4.91. The maximum atomic E-state index is 12.5. The average molecular weight is 265 g/mol. The Morgan fingerprint density at radius 2 is 1.84 bits per heavy atom. The number of likely N-dealkylation sites (tertiary alicyclic amines) is 1. The summed E-state index contributed by atoms with van der Waals surface area (Å²) < 4.78 is 0. The second-order valence-corrected chi connectivity index (χ2v) is 6.58. The molecule has 0 aromatic heterocycles. The third-order valence-electron chi connectivity index (χ3n) is 4.91. The monoisotopic (exact) mass is 265 g/mol. The number of carbonyl (C=O) groups excluding carboxylic acids is 2. The fourth-order valence-electron chi connectivity index (χ4n) is 3.18. The molecule has 3 fully saturated rings. The van der Waals surface area contributed by atoms with Crippen LogP contribution in [0.15, 0.2) is 0 Å². The van der Waals surface area contributed by atoms with Crippen molar-refractivity contribution in [2.75, 3.05) is 19.8 Å². The van der Waals surface area contributed by atoms with E-state index in [0.717, 1.165) is 44.7 Å². The Bertz CT molecular complexity index is 399. The normalized spacial score (nSPS) is 33.9. The number of piperidine rings is 1. The zero-order valence-electron chi connectivity index (χ0n) is 11.8. The highest BCUT2D eigenvalue weighted by atomic mass is 16.2. The summed E-state index contributed by atoms with van der Waals surface area (Å²) in [6.45, 7) is 6.56. The van der Waals surface area contributed by atoms with E-state index < -0.39 is 5.54 Å². The summed E-state index contributed by atoms with van der Waals surface area (Å²) in [5.74, 6) is 1.07. The minimum atomic E-state index is -0.639. The van der Waals surface area contributed by atoms with Crippen LogP contribution in [0, 0.1) is 11.8 Å². The second kappa shape index (κ2) is 4.47. The van der Waals surface area contributed by atoms with E-state index in [9.17, 15) is 9.59 Å². The van der Waals surface area contributed by atoms with Gasteiger partial charge in [0.1, 0.15) is 5.54 Å². The molecule has 5 nitrogen and oxygen atoms in total. The van der Waals surface area contributed by atoms with Gasteiger partial charge in [-0.05, 0) is 44.4 Å². The van der Waals surface area contributed by atoms with Crippen LogP contribution in [0.1, 0.15) is 39.5 Å². The van der Waals surface area contributed by atoms with E-state index in [1.807, 2.05) is 6.92 Å². The number of hydrogen-bond donors (Lipinski definition) is 1. The van der Waals surface area contributed by atoms with Crippen molar-refractivity contribution in [3.63, 3.8) is 0 Å². The van der Waals surface area contributed by atoms with E-state index in [1.54, 1.807) is 0 Å². The van der Waals surface area contributed by atoms with Gasteiger partial charge in [-0.3, -0.25) is 9.69 Å². The molecule has 2 aliphatic heterocycles. The number of urea groups is 1. The predicted molar refractivity (Wildman–Crippen MR) is 71.3 cm³/mol. The lowest BCUT2D eigenvalue weighted by Gasteiger charge is -2.32. The Morgan fingerprint density at radius 3 is 2.42 bits per heavy atom. The Kier molecular flexibility index (Phi) is 3.04. The van der Waals surface area contributed by atoms with Crippen molar-refractivity contribution in [2.24, 2.45) is 11.8 Å². The number of hydrogen-bond acceptors (Lipinski definition) is 3. The van der Waals surface area contributed by atoms with Crippen molar-refractivity contribution in [2.45, 2.75) is 45.1 Å². The van der Waals surface area contributed by atoms with Crippen molar-refractivity contribution < 1.29 is 9.59 Å². The van der Waals surface area contributed by atoms with Gasteiger partial charge in [0.2, 0.25) is 0 Å². The van der Waals surface area contributed by atoms with Crippen LogP contribution in [0.4, 0.5) is 4.79 Å². The Hall–Kier alpha value is -1.10. The second-order valence-electron chi connectivity index (χ2n) is 6.58. The maximum Gasteiger partial charge on any atom is 0.326 e. The highest BCUT2D eigenvalue weighted by Gasteiger charge is 2.56. The van der Waals surface area contributed by atoms with Crippen molar-refractivity contribution in [3.05, 3.63) is 0 Å². The molecule has 1 aliphatic carbocycles. The van der Waals surface area contributed by atoms with Gasteiger partial charge in [0.25, 0.3) is 5.91 Å². The first-order valence-corrected chi connectivity index (χ1v) is 7.37. The molecule has 0 aromatic rings. The van der Waals surface area contributed by atoms with E-state index in [-0.39, 0.29) is 11.9 Å². The van der Waals surface area contributed by atoms with Gasteiger partial charge in [-0.2, -0.15) is 0 Å². The number of amides is 3. The zero-order valence-corrected chi connectivity index (χ0v) is 11.8. The Balaban J connectivity index is 1.64. The Labute approximate surface area is 114 Å². The lowest BCUT2D eigenvalue weighted by molar-refractivity contribution is -0.133. The number of nitrogens with zero attached hydrogens (tertiary/aromatic N) is 2. The molecule has 3 rings (SSSR count). The molecule has 2 saturated heterocycles. The molecular weight excluding hydrogens is 242 g/mol. The minimum absolute atomic E-state index is 0.0291. The quantitative estimate of drug-likeness (QED) is 0.785. The summed E-state index contributed by atoms with van der Waals surface area (Å²) in [5.41, 5.74) is -0.639. The number of carbonyl (C=O) groups is 2. The van der Waals surface area contributed by atoms with Crippen LogP contribution < -0.4 is 5.32 Å². The van der Waals surface area contributed by atoms with Crippen molar-refractivity contribution in [1.82, 2.24) is 15.1 Å². The largest absolute Gasteiger partial charge is 0.326 e. The van der Waals surface area contributed by atoms with Gasteiger partial charge in [0, 0.05) is 13.1 Å². The lowest BCUT2D eigenvalue weighted by atomic mass is 9.96. The fourth-order valence-corrected chi connectivity index (χ4v) is 3.18. The van der Waals surface area contributed by atoms with Crippen LogP contribution in [0.5, 0.6) is 0 Å². The average Bonchev–Trinajstić information content (AvgIpc) is 3.18. The zero-order chi connectivity index (χ0) is 13.6. The molecule has 0 spiro atoms. The van der Waals surface area contributed by atoms with Gasteiger partial charge < -0.3 is 5.32 Å². The minimum Gasteiger partial charge on any atom is -0.323 e. The standard InChI is InChI=1S/C14H23N3O2/c1-10-5-7-16(8-6-10)9-17-12(18)14(2,11-3-4-11)15-13(17)19/h10-11H,3-9H2,1-2H3,(H,15,19)/t14-/m1/s1. The molecule has 2 heterocycles. The van der Waals surface area contributed by atoms with Crippen LogP contribution in [-0.4, -0.2) is 47.0 Å². The molecule has 0 bridgehead atoms. The number of rotatable bonds is 3. The van der Waals surface area contributed by atoms with Gasteiger partial charge in [-0.15, -0.1) is 0 Å². The highest BCUT2D eigenvalue weighted by Crippen LogP contribution is 2.42. The molecule has 1 atom stereocenters. The van der Waals surface area contributed by atoms with E-state index in [1.165, 1.54) is 4.90 Å². The van der Waals surface area contributed by atoms with Crippen molar-refractivity contribution >= 4 is 11.9 Å². The molecule has 0 radical (unpaired) electrons. The van der Waals surface area contributed by atoms with E-state index in [0.29, 0.717) is 12.6 Å². The highest BCUT2D eigenvalue weighted by molar-refractivity contribution is 6.07. The SMILES string of the molecule is CC1CCN(CN2C(=O)N[C@](C)(C3CC3)C2=O)CC1. The number of nitrogens with one attached hydrogen (secondary N) is 1. The lowest BCUT2D eigenvalue weighted by Crippen LogP contribution is -2.48. The first kappa shape index (κ1) is 12.9. The van der Waals surface area contributed by atoms with Gasteiger partial charge >= 0.3 is 6.03 Å². The first-order chi connectivity index (χ1) is 9.00. The summed E-state index contributed by atoms with van der Waals surface area (Å²) in [6, 6.07) is -0.210. The van der Waals surface area contributed by atoms with E-state index in [4.69, 9.17) is 0 Å². The summed E-state index contributed by atoms with van der Waals surface area (Å²) in [6.07, 6.45) is 4.42. The molecule has 0 unspecified atom stereocenters. The predicted octanol–water partition coefficient (Wildman–Crippen LogP) is 1.40. The van der Waals surface area contributed by atoms with Gasteiger partial charge in [-0.1, -0.05) is 6.92 Å². The van der Waals surface area contributed by atoms with Crippen molar-refractivity contribution in [3.8, 4) is 0 Å².